The molecule has 0 bridgehead atoms. The summed E-state index contributed by atoms with van der Waals surface area (Å²) in [4.78, 5) is 6.76. The Hall–Kier alpha value is -1.06. The Balaban J connectivity index is 0.00000392. The molecule has 0 amide bonds. The second kappa shape index (κ2) is 14.0. The van der Waals surface area contributed by atoms with Gasteiger partial charge in [-0.3, -0.25) is 4.99 Å². The summed E-state index contributed by atoms with van der Waals surface area (Å²) in [6.45, 7) is 8.28. The first kappa shape index (κ1) is 25.0. The lowest BCUT2D eigenvalue weighted by Gasteiger charge is -2.34. The monoisotopic (exact) mass is 505 g/mol. The number of likely N-dealkylation sites (tertiary alicyclic amines) is 1. The number of guanidine groups is 1. The van der Waals surface area contributed by atoms with E-state index in [9.17, 15) is 0 Å². The third-order valence-corrected chi connectivity index (χ3v) is 4.52. The van der Waals surface area contributed by atoms with Gasteiger partial charge in [-0.2, -0.15) is 0 Å². The molecule has 1 fully saturated rings. The number of hydrogen-bond acceptors (Lipinski definition) is 4. The summed E-state index contributed by atoms with van der Waals surface area (Å²) >= 11 is 0. The molecule has 1 aromatic carbocycles. The molecule has 0 saturated carbocycles. The molecule has 0 atom stereocenters. The zero-order chi connectivity index (χ0) is 19.5. The summed E-state index contributed by atoms with van der Waals surface area (Å²) < 4.78 is 16.8. The third kappa shape index (κ3) is 8.96. The van der Waals surface area contributed by atoms with Gasteiger partial charge in [-0.05, 0) is 50.8 Å². The first-order valence-electron chi connectivity index (χ1n) is 9.94. The fourth-order valence-electron chi connectivity index (χ4n) is 3.20. The minimum absolute atomic E-state index is 0. The zero-order valence-corrected chi connectivity index (χ0v) is 20.0. The average molecular weight is 505 g/mol. The zero-order valence-electron chi connectivity index (χ0n) is 17.6. The first-order chi connectivity index (χ1) is 13.1. The second-order valence-electron chi connectivity index (χ2n) is 7.12. The molecule has 1 aliphatic heterocycles. The highest BCUT2D eigenvalue weighted by atomic mass is 127. The van der Waals surface area contributed by atoms with Crippen molar-refractivity contribution in [3.05, 3.63) is 29.8 Å². The molecule has 28 heavy (non-hydrogen) atoms. The van der Waals surface area contributed by atoms with Crippen LogP contribution in [0.25, 0.3) is 0 Å². The summed E-state index contributed by atoms with van der Waals surface area (Å²) in [6, 6.07) is 8.22. The quantitative estimate of drug-likeness (QED) is 0.240. The minimum atomic E-state index is 0. The Labute approximate surface area is 187 Å². The van der Waals surface area contributed by atoms with Crippen molar-refractivity contribution in [2.24, 2.45) is 4.99 Å². The van der Waals surface area contributed by atoms with Crippen molar-refractivity contribution in [1.82, 2.24) is 10.2 Å². The Morgan fingerprint density at radius 2 is 2.00 bits per heavy atom. The van der Waals surface area contributed by atoms with E-state index in [0.717, 1.165) is 63.8 Å². The van der Waals surface area contributed by atoms with Gasteiger partial charge in [0, 0.05) is 47.0 Å². The Kier molecular flexibility index (Phi) is 12.5. The number of nitrogens with zero attached hydrogens (tertiary/aromatic N) is 2. The van der Waals surface area contributed by atoms with Gasteiger partial charge in [-0.1, -0.05) is 12.1 Å². The third-order valence-electron chi connectivity index (χ3n) is 4.52. The van der Waals surface area contributed by atoms with Crippen LogP contribution in [0.15, 0.2) is 29.3 Å². The van der Waals surface area contributed by atoms with Gasteiger partial charge in [0.25, 0.3) is 0 Å². The fraction of sp³-hybridized carbons (Fsp3) is 0.667. The number of rotatable bonds is 9. The lowest BCUT2D eigenvalue weighted by Crippen LogP contribution is -2.46. The van der Waals surface area contributed by atoms with E-state index in [2.05, 4.69) is 27.3 Å². The number of methoxy groups -OCH3 is 1. The van der Waals surface area contributed by atoms with Gasteiger partial charge in [-0.15, -0.1) is 24.0 Å². The summed E-state index contributed by atoms with van der Waals surface area (Å²) in [7, 11) is 3.57. The van der Waals surface area contributed by atoms with Gasteiger partial charge in [0.2, 0.25) is 0 Å². The molecule has 6 nitrogen and oxygen atoms in total. The molecule has 1 N–H and O–H groups in total. The maximum atomic E-state index is 5.94. The Morgan fingerprint density at radius 1 is 1.25 bits per heavy atom. The molecule has 7 heteroatoms. The van der Waals surface area contributed by atoms with Crippen LogP contribution >= 0.6 is 24.0 Å². The van der Waals surface area contributed by atoms with Crippen LogP contribution in [0.4, 0.5) is 0 Å². The van der Waals surface area contributed by atoms with E-state index in [-0.39, 0.29) is 30.1 Å². The largest absolute Gasteiger partial charge is 0.491 e. The summed E-state index contributed by atoms with van der Waals surface area (Å²) in [5.74, 6) is 1.86. The lowest BCUT2D eigenvalue weighted by molar-refractivity contribution is 0.00989. The summed E-state index contributed by atoms with van der Waals surface area (Å²) in [6.07, 6.45) is 3.55. The minimum Gasteiger partial charge on any atom is -0.491 e. The van der Waals surface area contributed by atoms with Gasteiger partial charge < -0.3 is 24.4 Å². The van der Waals surface area contributed by atoms with E-state index in [0.29, 0.717) is 6.10 Å². The highest BCUT2D eigenvalue weighted by Gasteiger charge is 2.21. The van der Waals surface area contributed by atoms with E-state index in [1.54, 1.807) is 7.11 Å². The van der Waals surface area contributed by atoms with E-state index in [1.165, 1.54) is 5.56 Å². The van der Waals surface area contributed by atoms with E-state index < -0.39 is 0 Å². The first-order valence-corrected chi connectivity index (χ1v) is 9.94. The molecule has 0 radical (unpaired) electrons. The van der Waals surface area contributed by atoms with Crippen molar-refractivity contribution in [1.29, 1.82) is 0 Å². The molecule has 0 spiro atoms. The van der Waals surface area contributed by atoms with E-state index >= 15 is 0 Å². The van der Waals surface area contributed by atoms with Crippen molar-refractivity contribution in [3.8, 4) is 5.75 Å². The molecule has 2 rings (SSSR count). The van der Waals surface area contributed by atoms with Crippen LogP contribution in [0.5, 0.6) is 5.75 Å². The standard InChI is InChI=1S/C21H35N3O3.HI/c1-17(2)27-20-8-5-7-18(15-20)16-23-21(22-3)24-11-9-19(10-12-24)26-14-6-13-25-4;/h5,7-8,15,17,19H,6,9-14,16H2,1-4H3,(H,22,23);1H. The molecular formula is C21H36IN3O3. The molecule has 1 aromatic rings. The van der Waals surface area contributed by atoms with Gasteiger partial charge in [0.1, 0.15) is 5.75 Å². The van der Waals surface area contributed by atoms with Crippen LogP contribution in [-0.2, 0) is 16.0 Å². The van der Waals surface area contributed by atoms with Gasteiger partial charge >= 0.3 is 0 Å². The summed E-state index contributed by atoms with van der Waals surface area (Å²) in [5, 5.41) is 3.47. The van der Waals surface area contributed by atoms with E-state index in [1.807, 2.05) is 33.0 Å². The van der Waals surface area contributed by atoms with Gasteiger partial charge in [0.05, 0.1) is 12.2 Å². The Bertz CT molecular complexity index is 576. The second-order valence-corrected chi connectivity index (χ2v) is 7.12. The maximum absolute atomic E-state index is 5.94. The highest BCUT2D eigenvalue weighted by molar-refractivity contribution is 14.0. The predicted octanol–water partition coefficient (Wildman–Crippen LogP) is 3.68. The van der Waals surface area contributed by atoms with Gasteiger partial charge in [-0.25, -0.2) is 0 Å². The lowest BCUT2D eigenvalue weighted by atomic mass is 10.1. The fourth-order valence-corrected chi connectivity index (χ4v) is 3.20. The topological polar surface area (TPSA) is 55.3 Å². The molecule has 160 valence electrons. The average Bonchev–Trinajstić information content (AvgIpc) is 2.66. The van der Waals surface area contributed by atoms with Crippen LogP contribution in [0, 0.1) is 0 Å². The number of hydrogen-bond donors (Lipinski definition) is 1. The molecule has 1 heterocycles. The highest BCUT2D eigenvalue weighted by Crippen LogP contribution is 2.16. The molecular weight excluding hydrogens is 469 g/mol. The van der Waals surface area contributed by atoms with Crippen molar-refractivity contribution >= 4 is 29.9 Å². The van der Waals surface area contributed by atoms with Crippen LogP contribution < -0.4 is 10.1 Å². The van der Waals surface area contributed by atoms with Crippen molar-refractivity contribution in [2.75, 3.05) is 40.5 Å². The number of aliphatic imine (C=N–C) groups is 1. The molecule has 1 aliphatic rings. The molecule has 1 saturated heterocycles. The number of ether oxygens (including phenoxy) is 3. The number of nitrogens with one attached hydrogen (secondary N) is 1. The maximum Gasteiger partial charge on any atom is 0.193 e. The van der Waals surface area contributed by atoms with Crippen LogP contribution in [0.3, 0.4) is 0 Å². The van der Waals surface area contributed by atoms with Crippen LogP contribution in [0.2, 0.25) is 0 Å². The number of halogens is 1. The van der Waals surface area contributed by atoms with Crippen LogP contribution in [0.1, 0.15) is 38.7 Å². The van der Waals surface area contributed by atoms with Crippen molar-refractivity contribution < 1.29 is 14.2 Å². The van der Waals surface area contributed by atoms with Crippen LogP contribution in [-0.4, -0.2) is 63.5 Å². The normalized spacial score (nSPS) is 15.5. The number of piperidine rings is 1. The van der Waals surface area contributed by atoms with E-state index in [4.69, 9.17) is 14.2 Å². The molecule has 0 unspecified atom stereocenters. The molecule has 0 aromatic heterocycles. The SMILES string of the molecule is CN=C(NCc1cccc(OC(C)C)c1)N1CCC(OCCCOC)CC1.I. The smallest absolute Gasteiger partial charge is 0.193 e. The molecule has 0 aliphatic carbocycles. The Morgan fingerprint density at radius 3 is 2.64 bits per heavy atom. The predicted molar refractivity (Wildman–Crippen MR) is 125 cm³/mol. The van der Waals surface area contributed by atoms with Crippen molar-refractivity contribution in [2.45, 2.75) is 51.9 Å². The van der Waals surface area contributed by atoms with Gasteiger partial charge in [0.15, 0.2) is 5.96 Å². The number of benzene rings is 1. The van der Waals surface area contributed by atoms with Crippen molar-refractivity contribution in [3.63, 3.8) is 0 Å². The summed E-state index contributed by atoms with van der Waals surface area (Å²) in [5.41, 5.74) is 1.19.